The summed E-state index contributed by atoms with van der Waals surface area (Å²) in [5.41, 5.74) is 2.03. The van der Waals surface area contributed by atoms with Crippen molar-refractivity contribution < 1.29 is 40.7 Å². The van der Waals surface area contributed by atoms with Crippen LogP contribution in [0.3, 0.4) is 0 Å². The SMILES string of the molecule is O=C1N[C@@H](CCc2cccc(OCCCC(F)(F)F)c2)CC(c2ccc(OC(F)F)cc2)=C1c1noc(=O)[nH]1. The molecule has 1 aliphatic heterocycles. The molecule has 39 heavy (non-hydrogen) atoms. The van der Waals surface area contributed by atoms with Gasteiger partial charge in [-0.3, -0.25) is 14.3 Å². The molecule has 8 nitrogen and oxygen atoms in total. The van der Waals surface area contributed by atoms with Crippen molar-refractivity contribution in [2.75, 3.05) is 6.61 Å². The van der Waals surface area contributed by atoms with Crippen LogP contribution in [0.1, 0.15) is 42.6 Å². The van der Waals surface area contributed by atoms with Crippen LogP contribution in [0.25, 0.3) is 11.1 Å². The van der Waals surface area contributed by atoms with Crippen molar-refractivity contribution in [1.82, 2.24) is 15.5 Å². The summed E-state index contributed by atoms with van der Waals surface area (Å²) in [5.74, 6) is -1.00. The van der Waals surface area contributed by atoms with Gasteiger partial charge in [-0.15, -0.1) is 0 Å². The van der Waals surface area contributed by atoms with E-state index in [9.17, 15) is 31.5 Å². The molecule has 1 aromatic heterocycles. The molecular formula is C26H24F5N3O5. The monoisotopic (exact) mass is 553 g/mol. The number of nitrogens with zero attached hydrogens (tertiary/aromatic N) is 1. The number of aromatic nitrogens is 2. The van der Waals surface area contributed by atoms with Gasteiger partial charge in [-0.05, 0) is 66.6 Å². The van der Waals surface area contributed by atoms with E-state index in [-0.39, 0.29) is 36.2 Å². The van der Waals surface area contributed by atoms with Crippen LogP contribution < -0.4 is 20.5 Å². The zero-order valence-electron chi connectivity index (χ0n) is 20.4. The summed E-state index contributed by atoms with van der Waals surface area (Å²) in [6.07, 6.45) is -3.94. The normalized spacial score (nSPS) is 15.9. The van der Waals surface area contributed by atoms with E-state index < -0.39 is 30.9 Å². The minimum Gasteiger partial charge on any atom is -0.494 e. The molecule has 0 aliphatic carbocycles. The molecule has 0 spiro atoms. The molecule has 0 unspecified atom stereocenters. The smallest absolute Gasteiger partial charge is 0.439 e. The van der Waals surface area contributed by atoms with Crippen LogP contribution in [-0.4, -0.2) is 41.5 Å². The van der Waals surface area contributed by atoms with Gasteiger partial charge in [0.05, 0.1) is 12.2 Å². The number of ether oxygens (including phenoxy) is 2. The summed E-state index contributed by atoms with van der Waals surface area (Å²) in [6, 6.07) is 12.4. The fourth-order valence-electron chi connectivity index (χ4n) is 4.25. The van der Waals surface area contributed by atoms with E-state index >= 15 is 0 Å². The summed E-state index contributed by atoms with van der Waals surface area (Å²) >= 11 is 0. The van der Waals surface area contributed by atoms with Gasteiger partial charge in [0.2, 0.25) is 0 Å². The lowest BCUT2D eigenvalue weighted by Crippen LogP contribution is -2.40. The topological polar surface area (TPSA) is 106 Å². The van der Waals surface area contributed by atoms with E-state index in [1.54, 1.807) is 18.2 Å². The van der Waals surface area contributed by atoms with Crippen molar-refractivity contribution in [1.29, 1.82) is 0 Å². The van der Waals surface area contributed by atoms with Gasteiger partial charge in [-0.25, -0.2) is 4.79 Å². The van der Waals surface area contributed by atoms with E-state index in [0.29, 0.717) is 36.1 Å². The van der Waals surface area contributed by atoms with Crippen LogP contribution in [0.2, 0.25) is 0 Å². The number of carbonyl (C=O) groups excluding carboxylic acids is 1. The predicted molar refractivity (Wildman–Crippen MR) is 129 cm³/mol. The number of carbonyl (C=O) groups is 1. The number of nitrogens with one attached hydrogen (secondary N) is 2. The molecule has 0 radical (unpaired) electrons. The fourth-order valence-corrected chi connectivity index (χ4v) is 4.25. The maximum absolute atomic E-state index is 13.1. The van der Waals surface area contributed by atoms with Gasteiger partial charge in [0, 0.05) is 12.5 Å². The Hall–Kier alpha value is -4.16. The average molecular weight is 553 g/mol. The van der Waals surface area contributed by atoms with Crippen LogP contribution in [-0.2, 0) is 11.2 Å². The van der Waals surface area contributed by atoms with Crippen molar-refractivity contribution in [3.8, 4) is 11.5 Å². The second-order valence-electron chi connectivity index (χ2n) is 8.83. The lowest BCUT2D eigenvalue weighted by molar-refractivity contribution is -0.136. The van der Waals surface area contributed by atoms with E-state index in [4.69, 9.17) is 4.74 Å². The van der Waals surface area contributed by atoms with E-state index in [1.807, 2.05) is 6.07 Å². The van der Waals surface area contributed by atoms with Gasteiger partial charge < -0.3 is 14.8 Å². The highest BCUT2D eigenvalue weighted by molar-refractivity contribution is 6.27. The first-order valence-corrected chi connectivity index (χ1v) is 12.0. The highest BCUT2D eigenvalue weighted by atomic mass is 19.4. The molecule has 13 heteroatoms. The third-order valence-corrected chi connectivity index (χ3v) is 5.97. The van der Waals surface area contributed by atoms with Crippen LogP contribution in [0.15, 0.2) is 57.8 Å². The predicted octanol–water partition coefficient (Wildman–Crippen LogP) is 5.12. The Bertz CT molecular complexity index is 1370. The quantitative estimate of drug-likeness (QED) is 0.252. The number of halogens is 5. The minimum absolute atomic E-state index is 0.0527. The number of hydrogen-bond donors (Lipinski definition) is 2. The Balaban J connectivity index is 1.47. The van der Waals surface area contributed by atoms with Crippen LogP contribution in [0, 0.1) is 0 Å². The molecule has 0 saturated carbocycles. The molecule has 2 aromatic carbocycles. The minimum atomic E-state index is -4.23. The lowest BCUT2D eigenvalue weighted by Gasteiger charge is -2.27. The Morgan fingerprint density at radius 2 is 1.85 bits per heavy atom. The lowest BCUT2D eigenvalue weighted by atomic mass is 9.87. The third kappa shape index (κ3) is 7.91. The summed E-state index contributed by atoms with van der Waals surface area (Å²) in [7, 11) is 0. The first-order valence-electron chi connectivity index (χ1n) is 12.0. The summed E-state index contributed by atoms with van der Waals surface area (Å²) in [5, 5.41) is 6.52. The number of benzene rings is 2. The Kier molecular flexibility index (Phi) is 8.67. The summed E-state index contributed by atoms with van der Waals surface area (Å²) in [6.45, 7) is -3.05. The van der Waals surface area contributed by atoms with Crippen LogP contribution >= 0.6 is 0 Å². The molecule has 0 fully saturated rings. The van der Waals surface area contributed by atoms with E-state index in [1.165, 1.54) is 24.3 Å². The van der Waals surface area contributed by atoms with Crippen molar-refractivity contribution in [2.45, 2.75) is 50.9 Å². The maximum atomic E-state index is 13.1. The zero-order valence-corrected chi connectivity index (χ0v) is 20.4. The second kappa shape index (κ2) is 12.1. The second-order valence-corrected chi connectivity index (χ2v) is 8.83. The van der Waals surface area contributed by atoms with Crippen molar-refractivity contribution >= 4 is 17.1 Å². The van der Waals surface area contributed by atoms with E-state index in [0.717, 1.165) is 5.56 Å². The van der Waals surface area contributed by atoms with Crippen molar-refractivity contribution in [3.05, 3.63) is 76.0 Å². The Morgan fingerprint density at radius 3 is 2.51 bits per heavy atom. The number of amides is 1. The van der Waals surface area contributed by atoms with Gasteiger partial charge in [0.1, 0.15) is 11.5 Å². The zero-order chi connectivity index (χ0) is 28.0. The Morgan fingerprint density at radius 1 is 1.08 bits per heavy atom. The highest BCUT2D eigenvalue weighted by Crippen LogP contribution is 2.34. The molecule has 1 amide bonds. The molecule has 1 atom stereocenters. The first kappa shape index (κ1) is 27.9. The number of rotatable bonds is 11. The fraction of sp³-hybridized carbons (Fsp3) is 0.346. The van der Waals surface area contributed by atoms with Crippen LogP contribution in [0.4, 0.5) is 22.0 Å². The largest absolute Gasteiger partial charge is 0.494 e. The average Bonchev–Trinajstić information content (AvgIpc) is 3.30. The number of alkyl halides is 5. The summed E-state index contributed by atoms with van der Waals surface area (Å²) < 4.78 is 76.5. The highest BCUT2D eigenvalue weighted by Gasteiger charge is 2.31. The molecule has 0 bridgehead atoms. The Labute approximate surface area is 218 Å². The number of aryl methyl sites for hydroxylation is 1. The van der Waals surface area contributed by atoms with Gasteiger partial charge in [0.25, 0.3) is 5.91 Å². The summed E-state index contributed by atoms with van der Waals surface area (Å²) in [4.78, 5) is 27.0. The van der Waals surface area contributed by atoms with Gasteiger partial charge in [0.15, 0.2) is 5.82 Å². The van der Waals surface area contributed by atoms with Crippen LogP contribution in [0.5, 0.6) is 11.5 Å². The molecule has 2 N–H and O–H groups in total. The van der Waals surface area contributed by atoms with Gasteiger partial charge in [-0.1, -0.05) is 29.4 Å². The number of aromatic amines is 1. The first-order chi connectivity index (χ1) is 18.6. The maximum Gasteiger partial charge on any atom is 0.439 e. The van der Waals surface area contributed by atoms with Gasteiger partial charge in [-0.2, -0.15) is 22.0 Å². The van der Waals surface area contributed by atoms with Crippen molar-refractivity contribution in [2.24, 2.45) is 0 Å². The molecule has 0 saturated heterocycles. The molecule has 1 aliphatic rings. The number of hydrogen-bond acceptors (Lipinski definition) is 6. The molecule has 4 rings (SSSR count). The standard InChI is InChI=1S/C26H24F5N3O5/c27-24(28)38-18-9-6-16(7-10-18)20-14-17(32-23(35)21(20)22-33-25(36)39-34-22)8-5-15-3-1-4-19(13-15)37-12-2-11-26(29,30)31/h1,3-4,6-7,9-10,13,17,24H,2,5,8,11-12,14H2,(H,32,35)(H,33,34,36)/t17-/m0/s1. The molecule has 2 heterocycles. The van der Waals surface area contributed by atoms with Crippen molar-refractivity contribution in [3.63, 3.8) is 0 Å². The van der Waals surface area contributed by atoms with E-state index in [2.05, 4.69) is 24.7 Å². The number of H-pyrrole nitrogens is 1. The van der Waals surface area contributed by atoms with Gasteiger partial charge >= 0.3 is 18.5 Å². The third-order valence-electron chi connectivity index (χ3n) is 5.97. The molecule has 208 valence electrons. The molecule has 3 aromatic rings. The molecular weight excluding hydrogens is 529 g/mol.